The Bertz CT molecular complexity index is 2330. The molecule has 324 valence electrons. The molecule has 3 aliphatic carbocycles. The molecule has 0 nitrogen and oxygen atoms in total. The van der Waals surface area contributed by atoms with Gasteiger partial charge in [-0.3, -0.25) is 6.08 Å². The molecule has 5 heteroatoms. The van der Waals surface area contributed by atoms with Crippen molar-refractivity contribution in [3.63, 3.8) is 0 Å². The SMILES string of the molecule is CC(C)(C)C1=[C-]C(C)(C)c2cc3c(cc21)-c1cc2c(cc1C3)C(C)(C)C=C2C(C)(C)C.CCc1cc(C(C)(C)C)c[cH-]1.Cl.Cl.Clc1ccc([CH]=[Zr]=[CH]c2ccc(Cl)cc2)cc1. The Morgan fingerprint density at radius 3 is 1.56 bits per heavy atom. The molecule has 0 fully saturated rings. The average molecular weight is 972 g/mol. The van der Waals surface area contributed by atoms with Gasteiger partial charge in [0.25, 0.3) is 0 Å². The number of halogens is 4. The van der Waals surface area contributed by atoms with E-state index in [4.69, 9.17) is 23.2 Å². The fraction of sp³-hybridized carbons (Fsp3) is 0.375. The van der Waals surface area contributed by atoms with E-state index in [0.717, 1.165) is 22.9 Å². The zero-order valence-corrected chi connectivity index (χ0v) is 44.5. The molecule has 0 unspecified atom stereocenters. The molecule has 0 amide bonds. The van der Waals surface area contributed by atoms with Gasteiger partial charge in [-0.1, -0.05) is 132 Å². The minimum absolute atomic E-state index is 0. The van der Waals surface area contributed by atoms with E-state index in [9.17, 15) is 0 Å². The summed E-state index contributed by atoms with van der Waals surface area (Å²) in [5, 5.41) is 1.57. The van der Waals surface area contributed by atoms with Crippen molar-refractivity contribution in [1.82, 2.24) is 0 Å². The van der Waals surface area contributed by atoms with Crippen LogP contribution in [0.4, 0.5) is 0 Å². The molecule has 0 aliphatic heterocycles. The van der Waals surface area contributed by atoms with Crippen molar-refractivity contribution in [3.05, 3.63) is 169 Å². The zero-order valence-electron chi connectivity index (χ0n) is 38.9. The van der Waals surface area contributed by atoms with E-state index in [-0.39, 0.29) is 46.5 Å². The number of rotatable bonds is 3. The van der Waals surface area contributed by atoms with Crippen LogP contribution in [0.3, 0.4) is 0 Å². The summed E-state index contributed by atoms with van der Waals surface area (Å²) in [4.78, 5) is 0. The topological polar surface area (TPSA) is 0 Å². The van der Waals surface area contributed by atoms with Crippen LogP contribution in [0.1, 0.15) is 153 Å². The number of fused-ring (bicyclic) bond motifs is 5. The van der Waals surface area contributed by atoms with Crippen LogP contribution in [-0.4, -0.2) is 7.42 Å². The third kappa shape index (κ3) is 11.8. The normalized spacial score (nSPS) is 15.0. The Kier molecular flexibility index (Phi) is 16.2. The summed E-state index contributed by atoms with van der Waals surface area (Å²) >= 11 is 11.0. The summed E-state index contributed by atoms with van der Waals surface area (Å²) in [6, 6.07) is 32.7. The van der Waals surface area contributed by atoms with Crippen molar-refractivity contribution in [2.75, 3.05) is 0 Å². The van der Waals surface area contributed by atoms with Gasteiger partial charge in [-0.05, 0) is 62.3 Å². The first-order valence-electron chi connectivity index (χ1n) is 21.3. The van der Waals surface area contributed by atoms with Crippen LogP contribution in [0, 0.1) is 16.9 Å². The molecule has 0 aromatic heterocycles. The van der Waals surface area contributed by atoms with Crippen molar-refractivity contribution >= 4 is 66.6 Å². The monoisotopic (exact) mass is 968 g/mol. The van der Waals surface area contributed by atoms with Gasteiger partial charge in [-0.25, -0.2) is 11.6 Å². The van der Waals surface area contributed by atoms with Crippen LogP contribution >= 0.6 is 48.0 Å². The fourth-order valence-electron chi connectivity index (χ4n) is 8.47. The molecular formula is C56H66Cl4Zr-2. The molecule has 0 N–H and O–H groups in total. The van der Waals surface area contributed by atoms with E-state index in [1.807, 2.05) is 24.3 Å². The van der Waals surface area contributed by atoms with Gasteiger partial charge in [0.05, 0.1) is 0 Å². The molecule has 0 saturated heterocycles. The average Bonchev–Trinajstić information content (AvgIpc) is 3.90. The van der Waals surface area contributed by atoms with Crippen LogP contribution in [-0.2, 0) is 51.4 Å². The molecular weight excluding hydrogens is 906 g/mol. The molecule has 0 bridgehead atoms. The number of hydrogen-bond acceptors (Lipinski definition) is 0. The quantitative estimate of drug-likeness (QED) is 0.155. The summed E-state index contributed by atoms with van der Waals surface area (Å²) in [7, 11) is 0. The summed E-state index contributed by atoms with van der Waals surface area (Å²) in [6.07, 6.45) is 8.56. The third-order valence-corrected chi connectivity index (χ3v) is 14.9. The number of hydrogen-bond donors (Lipinski definition) is 0. The van der Waals surface area contributed by atoms with E-state index in [2.05, 4.69) is 183 Å². The third-order valence-electron chi connectivity index (χ3n) is 11.9. The number of benzene rings is 4. The first kappa shape index (κ1) is 51.1. The number of allylic oxidation sites excluding steroid dienone is 4. The van der Waals surface area contributed by atoms with Gasteiger partial charge in [0.15, 0.2) is 0 Å². The molecule has 0 saturated carbocycles. The molecule has 0 atom stereocenters. The van der Waals surface area contributed by atoms with Gasteiger partial charge in [-0.2, -0.15) is 28.8 Å². The Labute approximate surface area is 402 Å². The second-order valence-corrected chi connectivity index (χ2v) is 24.0. The number of aryl methyl sites for hydroxylation is 1. The Hall–Kier alpha value is -2.51. The maximum absolute atomic E-state index is 5.84. The fourth-order valence-corrected chi connectivity index (χ4v) is 10.8. The Morgan fingerprint density at radius 1 is 0.639 bits per heavy atom. The van der Waals surface area contributed by atoms with Crippen molar-refractivity contribution in [2.45, 2.75) is 126 Å². The van der Waals surface area contributed by atoms with Crippen LogP contribution in [0.15, 0.2) is 97.1 Å². The molecule has 0 radical (unpaired) electrons. The second-order valence-electron chi connectivity index (χ2n) is 20.9. The first-order valence-corrected chi connectivity index (χ1v) is 24.9. The van der Waals surface area contributed by atoms with E-state index in [1.165, 1.54) is 77.9 Å². The summed E-state index contributed by atoms with van der Waals surface area (Å²) in [5.41, 5.74) is 20.6. The van der Waals surface area contributed by atoms with Gasteiger partial charge >= 0.3 is 123 Å². The summed E-state index contributed by atoms with van der Waals surface area (Å²) < 4.78 is 4.66. The van der Waals surface area contributed by atoms with E-state index in [1.54, 1.807) is 0 Å². The standard InChI is InChI=1S/C31H37.C11H17.2C7H5Cl.2ClH.Zr/c1-28(2,3)26-16-30(7,8)24-12-18-11-19-13-25-23(15-21(19)20(18)14-22(24)26)27(29(4,5)6)17-31(25,9)10;1-5-9-6-7-10(8-9)11(2,3)4;2*1-6-2-4-7(8)5-3-6;;;/h12-16H,11H2,1-10H3;6-8H,5H2,1-4H3;2*1-5H;2*1H;/q2*-1;;;;;. The molecule has 5 aromatic rings. The Balaban J connectivity index is 0.000000230. The van der Waals surface area contributed by atoms with Crippen LogP contribution in [0.25, 0.3) is 22.3 Å². The van der Waals surface area contributed by atoms with Gasteiger partial charge in [0, 0.05) is 5.41 Å². The van der Waals surface area contributed by atoms with Gasteiger partial charge < -0.3 is 0 Å². The van der Waals surface area contributed by atoms with Gasteiger partial charge in [0.1, 0.15) is 0 Å². The Morgan fingerprint density at radius 2 is 1.13 bits per heavy atom. The molecule has 0 spiro atoms. The van der Waals surface area contributed by atoms with E-state index in [0.29, 0.717) is 5.41 Å². The van der Waals surface area contributed by atoms with Crippen molar-refractivity contribution in [1.29, 1.82) is 0 Å². The van der Waals surface area contributed by atoms with Crippen LogP contribution in [0.5, 0.6) is 0 Å². The first-order chi connectivity index (χ1) is 27.4. The minimum atomic E-state index is -0.623. The molecule has 8 rings (SSSR count). The van der Waals surface area contributed by atoms with E-state index < -0.39 is 22.3 Å². The predicted octanol–water partition coefficient (Wildman–Crippen LogP) is 16.7. The van der Waals surface area contributed by atoms with E-state index >= 15 is 0 Å². The van der Waals surface area contributed by atoms with Crippen molar-refractivity contribution in [2.24, 2.45) is 10.8 Å². The van der Waals surface area contributed by atoms with Crippen LogP contribution in [0.2, 0.25) is 10.0 Å². The van der Waals surface area contributed by atoms with Crippen LogP contribution < -0.4 is 0 Å². The maximum atomic E-state index is 5.84. The second kappa shape index (κ2) is 19.3. The summed E-state index contributed by atoms with van der Waals surface area (Å²) in [6.45, 7) is 32.3. The molecule has 61 heavy (non-hydrogen) atoms. The van der Waals surface area contributed by atoms with Crippen molar-refractivity contribution < 1.29 is 22.3 Å². The summed E-state index contributed by atoms with van der Waals surface area (Å²) in [5.74, 6) is 0. The van der Waals surface area contributed by atoms with Crippen molar-refractivity contribution in [3.8, 4) is 11.1 Å². The molecule has 5 aromatic carbocycles. The van der Waals surface area contributed by atoms with Gasteiger partial charge in [-0.15, -0.1) is 36.4 Å². The molecule has 0 heterocycles. The van der Waals surface area contributed by atoms with Gasteiger partial charge in [0.2, 0.25) is 0 Å². The molecule has 3 aliphatic rings. The zero-order chi connectivity index (χ0) is 43.3. The predicted molar refractivity (Wildman–Crippen MR) is 272 cm³/mol.